The summed E-state index contributed by atoms with van der Waals surface area (Å²) in [5.41, 5.74) is 0.680. The van der Waals surface area contributed by atoms with E-state index in [1.54, 1.807) is 13.1 Å². The first-order valence-corrected chi connectivity index (χ1v) is 3.47. The minimum absolute atomic E-state index is 0.263. The highest BCUT2D eigenvalue weighted by molar-refractivity contribution is 6.30. The van der Waals surface area contributed by atoms with Gasteiger partial charge in [-0.2, -0.15) is 5.26 Å². The summed E-state index contributed by atoms with van der Waals surface area (Å²) in [5, 5.41) is 8.72. The van der Waals surface area contributed by atoms with Crippen molar-refractivity contribution in [2.75, 3.05) is 0 Å². The van der Waals surface area contributed by atoms with Crippen LogP contribution in [0.15, 0.2) is 6.20 Å². The summed E-state index contributed by atoms with van der Waals surface area (Å²) in [6, 6.07) is 1.98. The van der Waals surface area contributed by atoms with Gasteiger partial charge in [-0.15, -0.1) is 0 Å². The number of nitrogens with zero attached hydrogens (tertiary/aromatic N) is 3. The lowest BCUT2D eigenvalue weighted by atomic mass is 10.3. The van der Waals surface area contributed by atoms with Crippen molar-refractivity contribution in [3.8, 4) is 6.07 Å². The van der Waals surface area contributed by atoms with Crippen molar-refractivity contribution in [2.45, 2.75) is 13.3 Å². The number of hydrogen-bond acceptors (Lipinski definition) is 3. The van der Waals surface area contributed by atoms with E-state index in [0.29, 0.717) is 16.5 Å². The van der Waals surface area contributed by atoms with E-state index in [-0.39, 0.29) is 6.42 Å². The number of hydrogen-bond donors (Lipinski definition) is 0. The largest absolute Gasteiger partial charge is 0.241 e. The molecular formula is C7H6ClN3. The van der Waals surface area contributed by atoms with Crippen molar-refractivity contribution in [3.63, 3.8) is 0 Å². The maximum Gasteiger partial charge on any atom is 0.136 e. The van der Waals surface area contributed by atoms with Gasteiger partial charge in [0.2, 0.25) is 0 Å². The molecule has 56 valence electrons. The van der Waals surface area contributed by atoms with E-state index in [2.05, 4.69) is 9.97 Å². The fourth-order valence-electron chi connectivity index (χ4n) is 0.671. The average Bonchev–Trinajstić information content (AvgIpc) is 1.95. The summed E-state index contributed by atoms with van der Waals surface area (Å²) in [6.45, 7) is 1.75. The molecule has 0 saturated carbocycles. The van der Waals surface area contributed by atoms with Crippen LogP contribution in [0.25, 0.3) is 0 Å². The van der Waals surface area contributed by atoms with Gasteiger partial charge in [0.05, 0.1) is 12.5 Å². The highest BCUT2D eigenvalue weighted by atomic mass is 35.5. The van der Waals surface area contributed by atoms with Gasteiger partial charge in [-0.1, -0.05) is 11.6 Å². The van der Waals surface area contributed by atoms with Crippen LogP contribution in [-0.4, -0.2) is 9.97 Å². The standard InChI is InChI=1S/C7H6ClN3/c1-5-10-4-6(2-3-9)7(8)11-5/h4H,2H2,1H3. The predicted octanol–water partition coefficient (Wildman–Crippen LogP) is 1.50. The van der Waals surface area contributed by atoms with Crippen LogP contribution in [0, 0.1) is 18.3 Å². The fraction of sp³-hybridized carbons (Fsp3) is 0.286. The van der Waals surface area contributed by atoms with E-state index in [1.807, 2.05) is 6.07 Å². The number of nitriles is 1. The molecule has 1 aromatic heterocycles. The molecular weight excluding hydrogens is 162 g/mol. The zero-order chi connectivity index (χ0) is 8.27. The van der Waals surface area contributed by atoms with Crippen LogP contribution in [0.5, 0.6) is 0 Å². The van der Waals surface area contributed by atoms with E-state index in [4.69, 9.17) is 16.9 Å². The maximum atomic E-state index is 8.35. The van der Waals surface area contributed by atoms with E-state index in [9.17, 15) is 0 Å². The molecule has 0 aromatic carbocycles. The maximum absolute atomic E-state index is 8.35. The van der Waals surface area contributed by atoms with Gasteiger partial charge in [0.25, 0.3) is 0 Å². The molecule has 11 heavy (non-hydrogen) atoms. The molecule has 0 aliphatic carbocycles. The molecule has 0 aliphatic rings. The third kappa shape index (κ3) is 1.89. The molecule has 3 nitrogen and oxygen atoms in total. The average molecular weight is 168 g/mol. The van der Waals surface area contributed by atoms with E-state index in [1.165, 1.54) is 0 Å². The van der Waals surface area contributed by atoms with Crippen molar-refractivity contribution in [2.24, 2.45) is 0 Å². The number of aromatic nitrogens is 2. The molecule has 1 rings (SSSR count). The second-order valence-electron chi connectivity index (χ2n) is 2.07. The lowest BCUT2D eigenvalue weighted by molar-refractivity contribution is 1.01. The van der Waals surface area contributed by atoms with Gasteiger partial charge in [0, 0.05) is 11.8 Å². The topological polar surface area (TPSA) is 49.6 Å². The first-order chi connectivity index (χ1) is 5.24. The monoisotopic (exact) mass is 167 g/mol. The minimum atomic E-state index is 0.263. The summed E-state index contributed by atoms with van der Waals surface area (Å²) < 4.78 is 0. The Morgan fingerprint density at radius 1 is 1.73 bits per heavy atom. The zero-order valence-electron chi connectivity index (χ0n) is 6.00. The molecule has 1 aromatic rings. The van der Waals surface area contributed by atoms with Gasteiger partial charge in [-0.05, 0) is 6.92 Å². The summed E-state index contributed by atoms with van der Waals surface area (Å²) in [6.07, 6.45) is 1.84. The third-order valence-electron chi connectivity index (χ3n) is 1.20. The lowest BCUT2D eigenvalue weighted by Gasteiger charge is -1.97. The summed E-state index contributed by atoms with van der Waals surface area (Å²) in [7, 11) is 0. The second-order valence-corrected chi connectivity index (χ2v) is 2.43. The van der Waals surface area contributed by atoms with Crippen molar-refractivity contribution in [3.05, 3.63) is 22.7 Å². The normalized spacial score (nSPS) is 9.18. The molecule has 0 saturated heterocycles. The molecule has 1 heterocycles. The van der Waals surface area contributed by atoms with Gasteiger partial charge in [0.15, 0.2) is 0 Å². The molecule has 0 unspecified atom stereocenters. The summed E-state index contributed by atoms with van der Waals surface area (Å²) >= 11 is 5.71. The molecule has 0 spiro atoms. The van der Waals surface area contributed by atoms with Gasteiger partial charge < -0.3 is 0 Å². The first-order valence-electron chi connectivity index (χ1n) is 3.09. The van der Waals surface area contributed by atoms with Crippen molar-refractivity contribution >= 4 is 11.6 Å². The SMILES string of the molecule is Cc1ncc(CC#N)c(Cl)n1. The highest BCUT2D eigenvalue weighted by Crippen LogP contribution is 2.11. The summed E-state index contributed by atoms with van der Waals surface area (Å²) in [4.78, 5) is 7.81. The molecule has 0 amide bonds. The Kier molecular flexibility index (Phi) is 2.40. The molecule has 0 fully saturated rings. The Bertz CT molecular complexity index is 303. The number of rotatable bonds is 1. The molecule has 0 aliphatic heterocycles. The van der Waals surface area contributed by atoms with Gasteiger partial charge >= 0.3 is 0 Å². The number of aryl methyl sites for hydroxylation is 1. The molecule has 4 heteroatoms. The van der Waals surface area contributed by atoms with Crippen LogP contribution in [0.3, 0.4) is 0 Å². The fourth-order valence-corrected chi connectivity index (χ4v) is 0.909. The Morgan fingerprint density at radius 2 is 2.45 bits per heavy atom. The Morgan fingerprint density at radius 3 is 3.00 bits per heavy atom. The Labute approximate surface area is 69.7 Å². The number of halogens is 1. The second kappa shape index (κ2) is 3.31. The quantitative estimate of drug-likeness (QED) is 0.596. The minimum Gasteiger partial charge on any atom is -0.241 e. The van der Waals surface area contributed by atoms with Gasteiger partial charge in [0.1, 0.15) is 11.0 Å². The Balaban J connectivity index is 3.01. The van der Waals surface area contributed by atoms with Gasteiger partial charge in [-0.25, -0.2) is 9.97 Å². The van der Waals surface area contributed by atoms with Crippen LogP contribution < -0.4 is 0 Å². The van der Waals surface area contributed by atoms with E-state index >= 15 is 0 Å². The first kappa shape index (κ1) is 7.96. The van der Waals surface area contributed by atoms with E-state index in [0.717, 1.165) is 0 Å². The van der Waals surface area contributed by atoms with Crippen molar-refractivity contribution in [1.29, 1.82) is 5.26 Å². The van der Waals surface area contributed by atoms with Crippen LogP contribution in [0.2, 0.25) is 5.15 Å². The predicted molar refractivity (Wildman–Crippen MR) is 41.1 cm³/mol. The zero-order valence-corrected chi connectivity index (χ0v) is 6.76. The van der Waals surface area contributed by atoms with E-state index < -0.39 is 0 Å². The molecule has 0 atom stereocenters. The molecule has 0 N–H and O–H groups in total. The van der Waals surface area contributed by atoms with Crippen molar-refractivity contribution in [1.82, 2.24) is 9.97 Å². The van der Waals surface area contributed by atoms with Crippen LogP contribution in [0.4, 0.5) is 0 Å². The van der Waals surface area contributed by atoms with Crippen molar-refractivity contribution < 1.29 is 0 Å². The van der Waals surface area contributed by atoms with Crippen LogP contribution in [0.1, 0.15) is 11.4 Å². The van der Waals surface area contributed by atoms with Gasteiger partial charge in [-0.3, -0.25) is 0 Å². The molecule has 0 radical (unpaired) electrons. The lowest BCUT2D eigenvalue weighted by Crippen LogP contribution is -1.92. The Hall–Kier alpha value is -1.14. The van der Waals surface area contributed by atoms with Crippen LogP contribution >= 0.6 is 11.6 Å². The molecule has 0 bridgehead atoms. The smallest absolute Gasteiger partial charge is 0.136 e. The summed E-state index contributed by atoms with van der Waals surface area (Å²) in [5.74, 6) is 0.622. The third-order valence-corrected chi connectivity index (χ3v) is 1.53. The van der Waals surface area contributed by atoms with Crippen LogP contribution in [-0.2, 0) is 6.42 Å². The highest BCUT2D eigenvalue weighted by Gasteiger charge is 2.00.